The molecule has 0 aliphatic heterocycles. The summed E-state index contributed by atoms with van der Waals surface area (Å²) in [6.45, 7) is 3.65. The fourth-order valence-electron chi connectivity index (χ4n) is 0.281. The fourth-order valence-corrected chi connectivity index (χ4v) is 0.413. The lowest BCUT2D eigenvalue weighted by atomic mass is 10.4. The van der Waals surface area contributed by atoms with Crippen molar-refractivity contribution in [2.45, 2.75) is 20.3 Å². The Morgan fingerprint density at radius 1 is 1.70 bits per heavy atom. The van der Waals surface area contributed by atoms with Gasteiger partial charge >= 0.3 is 5.97 Å². The molecule has 2 nitrogen and oxygen atoms in total. The molecule has 10 heavy (non-hydrogen) atoms. The smallest absolute Gasteiger partial charge is 0.310 e. The summed E-state index contributed by atoms with van der Waals surface area (Å²) in [4.78, 5) is 10.6. The van der Waals surface area contributed by atoms with Gasteiger partial charge in [-0.3, -0.25) is 4.79 Å². The second kappa shape index (κ2) is 5.47. The van der Waals surface area contributed by atoms with Gasteiger partial charge in [-0.2, -0.15) is 0 Å². The van der Waals surface area contributed by atoms with E-state index in [0.717, 1.165) is 10.9 Å². The molecule has 0 atom stereocenters. The summed E-state index contributed by atoms with van der Waals surface area (Å²) in [6, 6.07) is 0. The number of hydrogen-bond acceptors (Lipinski definition) is 2. The SMILES string of the molecule is CCC(=O)O/C=C(\C)CBr. The maximum atomic E-state index is 10.6. The van der Waals surface area contributed by atoms with Gasteiger partial charge in [0.05, 0.1) is 6.26 Å². The van der Waals surface area contributed by atoms with Gasteiger partial charge in [-0.15, -0.1) is 0 Å². The summed E-state index contributed by atoms with van der Waals surface area (Å²) in [5.74, 6) is -0.194. The van der Waals surface area contributed by atoms with Crippen molar-refractivity contribution in [1.82, 2.24) is 0 Å². The van der Waals surface area contributed by atoms with Crippen molar-refractivity contribution in [3.8, 4) is 0 Å². The van der Waals surface area contributed by atoms with Gasteiger partial charge in [-0.25, -0.2) is 0 Å². The molecule has 0 unspecified atom stereocenters. The summed E-state index contributed by atoms with van der Waals surface area (Å²) in [7, 11) is 0. The van der Waals surface area contributed by atoms with Crippen molar-refractivity contribution in [1.29, 1.82) is 0 Å². The van der Waals surface area contributed by atoms with Crippen LogP contribution in [0.15, 0.2) is 11.8 Å². The highest BCUT2D eigenvalue weighted by Crippen LogP contribution is 1.98. The van der Waals surface area contributed by atoms with Crippen LogP contribution in [0, 0.1) is 0 Å². The van der Waals surface area contributed by atoms with E-state index >= 15 is 0 Å². The first-order chi connectivity index (χ1) is 4.70. The Bertz CT molecular complexity index is 141. The normalized spacial score (nSPS) is 11.3. The van der Waals surface area contributed by atoms with Crippen LogP contribution < -0.4 is 0 Å². The second-order valence-corrected chi connectivity index (χ2v) is 2.50. The highest BCUT2D eigenvalue weighted by atomic mass is 79.9. The van der Waals surface area contributed by atoms with Crippen molar-refractivity contribution in [2.75, 3.05) is 5.33 Å². The van der Waals surface area contributed by atoms with Crippen molar-refractivity contribution in [2.24, 2.45) is 0 Å². The third kappa shape index (κ3) is 4.56. The molecule has 0 radical (unpaired) electrons. The van der Waals surface area contributed by atoms with E-state index in [4.69, 9.17) is 4.74 Å². The van der Waals surface area contributed by atoms with Crippen LogP contribution in [0.3, 0.4) is 0 Å². The number of allylic oxidation sites excluding steroid dienone is 1. The molecule has 0 bridgehead atoms. The number of halogens is 1. The quantitative estimate of drug-likeness (QED) is 0.403. The molecule has 0 aromatic carbocycles. The lowest BCUT2D eigenvalue weighted by Crippen LogP contribution is -1.96. The first-order valence-corrected chi connectivity index (χ1v) is 4.24. The number of esters is 1. The van der Waals surface area contributed by atoms with Gasteiger partial charge in [0, 0.05) is 11.8 Å². The van der Waals surface area contributed by atoms with E-state index < -0.39 is 0 Å². The van der Waals surface area contributed by atoms with Gasteiger partial charge in [0.15, 0.2) is 0 Å². The van der Waals surface area contributed by atoms with Gasteiger partial charge in [-0.1, -0.05) is 22.9 Å². The first kappa shape index (κ1) is 9.69. The zero-order valence-corrected chi connectivity index (χ0v) is 7.77. The van der Waals surface area contributed by atoms with E-state index in [2.05, 4.69) is 15.9 Å². The lowest BCUT2D eigenvalue weighted by Gasteiger charge is -1.95. The van der Waals surface area contributed by atoms with Crippen LogP contribution >= 0.6 is 15.9 Å². The zero-order valence-electron chi connectivity index (χ0n) is 6.19. The van der Waals surface area contributed by atoms with Crippen molar-refractivity contribution in [3.63, 3.8) is 0 Å². The highest BCUT2D eigenvalue weighted by molar-refractivity contribution is 9.09. The van der Waals surface area contributed by atoms with Crippen molar-refractivity contribution in [3.05, 3.63) is 11.8 Å². The lowest BCUT2D eigenvalue weighted by molar-refractivity contribution is -0.137. The molecule has 0 heterocycles. The van der Waals surface area contributed by atoms with Crippen molar-refractivity contribution >= 4 is 21.9 Å². The monoisotopic (exact) mass is 206 g/mol. The van der Waals surface area contributed by atoms with Crippen LogP contribution in [-0.2, 0) is 9.53 Å². The van der Waals surface area contributed by atoms with E-state index in [-0.39, 0.29) is 5.97 Å². The average Bonchev–Trinajstić information content (AvgIpc) is 1.99. The predicted molar refractivity (Wildman–Crippen MR) is 43.9 cm³/mol. The summed E-state index contributed by atoms with van der Waals surface area (Å²) in [6.07, 6.45) is 1.90. The maximum Gasteiger partial charge on any atom is 0.310 e. The van der Waals surface area contributed by atoms with Crippen LogP contribution in [0.25, 0.3) is 0 Å². The molecule has 0 saturated heterocycles. The third-order valence-corrected chi connectivity index (χ3v) is 1.78. The number of rotatable bonds is 3. The van der Waals surface area contributed by atoms with Gasteiger partial charge < -0.3 is 4.74 Å². The highest BCUT2D eigenvalue weighted by Gasteiger charge is 1.93. The fraction of sp³-hybridized carbons (Fsp3) is 0.571. The zero-order chi connectivity index (χ0) is 7.98. The second-order valence-electron chi connectivity index (χ2n) is 1.94. The molecular formula is C7H11BrO2. The minimum atomic E-state index is -0.194. The number of hydrogen-bond donors (Lipinski definition) is 0. The summed E-state index contributed by atoms with van der Waals surface area (Å²) in [5.41, 5.74) is 1.00. The Balaban J connectivity index is 3.61. The molecule has 0 spiro atoms. The molecule has 0 saturated carbocycles. The number of ether oxygens (including phenoxy) is 1. The maximum absolute atomic E-state index is 10.6. The Labute approximate surface area is 69.4 Å². The molecule has 58 valence electrons. The summed E-state index contributed by atoms with van der Waals surface area (Å²) < 4.78 is 4.71. The summed E-state index contributed by atoms with van der Waals surface area (Å²) >= 11 is 3.23. The largest absolute Gasteiger partial charge is 0.435 e. The molecule has 0 aliphatic carbocycles. The molecule has 0 aromatic rings. The Kier molecular flexibility index (Phi) is 5.30. The van der Waals surface area contributed by atoms with Gasteiger partial charge in [-0.05, 0) is 12.5 Å². The first-order valence-electron chi connectivity index (χ1n) is 3.11. The molecular weight excluding hydrogens is 196 g/mol. The van der Waals surface area contributed by atoms with Crippen molar-refractivity contribution < 1.29 is 9.53 Å². The molecule has 0 rings (SSSR count). The molecule has 0 aliphatic rings. The van der Waals surface area contributed by atoms with E-state index in [0.29, 0.717) is 6.42 Å². The molecule has 0 aromatic heterocycles. The number of carbonyl (C=O) groups is 1. The number of alkyl halides is 1. The van der Waals surface area contributed by atoms with Crippen LogP contribution in [0.2, 0.25) is 0 Å². The molecule has 3 heteroatoms. The van der Waals surface area contributed by atoms with Crippen LogP contribution in [-0.4, -0.2) is 11.3 Å². The Morgan fingerprint density at radius 2 is 2.30 bits per heavy atom. The van der Waals surface area contributed by atoms with Gasteiger partial charge in [0.25, 0.3) is 0 Å². The van der Waals surface area contributed by atoms with Crippen LogP contribution in [0.4, 0.5) is 0 Å². The van der Waals surface area contributed by atoms with Crippen LogP contribution in [0.1, 0.15) is 20.3 Å². The molecule has 0 amide bonds. The van der Waals surface area contributed by atoms with E-state index in [1.165, 1.54) is 6.26 Å². The topological polar surface area (TPSA) is 26.3 Å². The number of carbonyl (C=O) groups excluding carboxylic acids is 1. The molecule has 0 fully saturated rings. The Morgan fingerprint density at radius 3 is 2.70 bits per heavy atom. The van der Waals surface area contributed by atoms with Gasteiger partial charge in [0.2, 0.25) is 0 Å². The molecule has 0 N–H and O–H groups in total. The van der Waals surface area contributed by atoms with E-state index in [1.54, 1.807) is 6.92 Å². The van der Waals surface area contributed by atoms with Crippen LogP contribution in [0.5, 0.6) is 0 Å². The predicted octanol–water partition coefficient (Wildman–Crippen LogP) is 2.24. The van der Waals surface area contributed by atoms with E-state index in [1.807, 2.05) is 6.92 Å². The standard InChI is InChI=1S/C7H11BrO2/c1-3-7(9)10-5-6(2)4-8/h5H,3-4H2,1-2H3/b6-5+. The van der Waals surface area contributed by atoms with Gasteiger partial charge in [0.1, 0.15) is 0 Å². The summed E-state index contributed by atoms with van der Waals surface area (Å²) in [5, 5.41) is 0.740. The minimum absolute atomic E-state index is 0.194. The Hall–Kier alpha value is -0.310. The van der Waals surface area contributed by atoms with E-state index in [9.17, 15) is 4.79 Å². The minimum Gasteiger partial charge on any atom is -0.435 e. The third-order valence-electron chi connectivity index (χ3n) is 0.891. The average molecular weight is 207 g/mol.